The fourth-order valence-electron chi connectivity index (χ4n) is 4.31. The molecule has 0 unspecified atom stereocenters. The van der Waals surface area contributed by atoms with Crippen LogP contribution in [0.1, 0.15) is 27.6 Å². The number of halogens is 5. The Labute approximate surface area is 270 Å². The maximum Gasteiger partial charge on any atom is 0.471 e. The average Bonchev–Trinajstić information content (AvgIpc) is 3.07. The van der Waals surface area contributed by atoms with Crippen LogP contribution in [0.25, 0.3) is 0 Å². The van der Waals surface area contributed by atoms with Gasteiger partial charge < -0.3 is 24.8 Å². The Morgan fingerprint density at radius 2 is 1.42 bits per heavy atom. The van der Waals surface area contributed by atoms with Crippen molar-refractivity contribution >= 4 is 29.3 Å². The van der Waals surface area contributed by atoms with Crippen molar-refractivity contribution in [2.24, 2.45) is 0 Å². The molecule has 252 valence electrons. The number of urea groups is 1. The highest BCUT2D eigenvalue weighted by atomic mass is 19.4. The van der Waals surface area contributed by atoms with Crippen LogP contribution in [0.3, 0.4) is 0 Å². The van der Waals surface area contributed by atoms with Crippen molar-refractivity contribution in [3.05, 3.63) is 119 Å². The number of rotatable bonds is 12. The van der Waals surface area contributed by atoms with E-state index < -0.39 is 48.4 Å². The summed E-state index contributed by atoms with van der Waals surface area (Å²) in [6.45, 7) is -0.779. The van der Waals surface area contributed by atoms with E-state index in [1.807, 2.05) is 0 Å². The number of methoxy groups -OCH3 is 2. The first-order chi connectivity index (χ1) is 22.9. The molecule has 10 nitrogen and oxygen atoms in total. The largest absolute Gasteiger partial charge is 0.493 e. The van der Waals surface area contributed by atoms with Gasteiger partial charge in [0.1, 0.15) is 24.3 Å². The summed E-state index contributed by atoms with van der Waals surface area (Å²) in [4.78, 5) is 43.9. The van der Waals surface area contributed by atoms with Gasteiger partial charge in [0.05, 0.1) is 32.0 Å². The van der Waals surface area contributed by atoms with Gasteiger partial charge in [-0.05, 0) is 59.7 Å². The molecule has 2 N–H and O–H groups in total. The first-order valence-electron chi connectivity index (χ1n) is 14.0. The van der Waals surface area contributed by atoms with Crippen molar-refractivity contribution < 1.29 is 55.4 Å². The molecule has 4 aromatic rings. The third-order valence-electron chi connectivity index (χ3n) is 6.59. The topological polar surface area (TPSA) is 115 Å². The minimum absolute atomic E-state index is 0.0381. The van der Waals surface area contributed by atoms with Crippen molar-refractivity contribution in [3.8, 4) is 11.5 Å². The van der Waals surface area contributed by atoms with Crippen LogP contribution in [-0.4, -0.2) is 51.5 Å². The number of nitrogens with one attached hydrogen (secondary N) is 2. The zero-order valence-corrected chi connectivity index (χ0v) is 25.3. The van der Waals surface area contributed by atoms with Crippen LogP contribution >= 0.6 is 0 Å². The lowest BCUT2D eigenvalue weighted by atomic mass is 10.0. The minimum atomic E-state index is -5.04. The first-order valence-corrected chi connectivity index (χ1v) is 14.0. The maximum absolute atomic E-state index is 13.9. The molecule has 0 fully saturated rings. The fraction of sp³-hybridized carbons (Fsp3) is 0.182. The van der Waals surface area contributed by atoms with Gasteiger partial charge in [-0.25, -0.2) is 18.4 Å². The van der Waals surface area contributed by atoms with Gasteiger partial charge in [-0.15, -0.1) is 0 Å². The van der Waals surface area contributed by atoms with Gasteiger partial charge in [0.25, 0.3) is 0 Å². The van der Waals surface area contributed by atoms with Gasteiger partial charge in [-0.2, -0.15) is 18.2 Å². The highest BCUT2D eigenvalue weighted by molar-refractivity contribution is 6.05. The van der Waals surface area contributed by atoms with Crippen LogP contribution in [0.5, 0.6) is 11.5 Å². The summed E-state index contributed by atoms with van der Waals surface area (Å²) in [5.74, 6) is -3.80. The van der Waals surface area contributed by atoms with Crippen molar-refractivity contribution in [1.29, 1.82) is 0 Å². The summed E-state index contributed by atoms with van der Waals surface area (Å²) in [7, 11) is 2.45. The molecule has 0 saturated carbocycles. The van der Waals surface area contributed by atoms with Crippen molar-refractivity contribution in [1.82, 2.24) is 5.32 Å². The summed E-state index contributed by atoms with van der Waals surface area (Å²) in [5.41, 5.74) is 0.811. The molecule has 3 amide bonds. The summed E-state index contributed by atoms with van der Waals surface area (Å²) in [6, 6.07) is 19.5. The van der Waals surface area contributed by atoms with Crippen molar-refractivity contribution in [3.63, 3.8) is 0 Å². The van der Waals surface area contributed by atoms with Gasteiger partial charge >= 0.3 is 24.1 Å². The highest BCUT2D eigenvalue weighted by Crippen LogP contribution is 2.34. The van der Waals surface area contributed by atoms with Gasteiger partial charge in [0.15, 0.2) is 11.5 Å². The highest BCUT2D eigenvalue weighted by Gasteiger charge is 2.38. The van der Waals surface area contributed by atoms with Crippen LogP contribution in [0.15, 0.2) is 91.0 Å². The Kier molecular flexibility index (Phi) is 11.5. The molecule has 0 aromatic heterocycles. The number of hydroxylamine groups is 1. The summed E-state index contributed by atoms with van der Waals surface area (Å²) < 4.78 is 80.5. The average molecular weight is 674 g/mol. The van der Waals surface area contributed by atoms with Crippen molar-refractivity contribution in [2.45, 2.75) is 12.3 Å². The number of amides is 3. The number of esters is 1. The molecular formula is C33H28F5N3O7. The molecule has 0 spiro atoms. The number of nitrogens with zero attached hydrogens (tertiary/aromatic N) is 1. The Balaban J connectivity index is 1.65. The Hall–Kier alpha value is -5.70. The second-order valence-corrected chi connectivity index (χ2v) is 9.79. The van der Waals surface area contributed by atoms with Crippen LogP contribution in [0, 0.1) is 11.6 Å². The number of carbonyl (C=O) groups excluding carboxylic acids is 3. The molecule has 0 aliphatic carbocycles. The van der Waals surface area contributed by atoms with E-state index in [-0.39, 0.29) is 35.0 Å². The lowest BCUT2D eigenvalue weighted by Gasteiger charge is -2.29. The number of ether oxygens (including phenoxy) is 3. The number of para-hydroxylation sites is 1. The summed E-state index contributed by atoms with van der Waals surface area (Å²) in [5, 5.41) is 5.10. The lowest BCUT2D eigenvalue weighted by Crippen LogP contribution is -2.38. The van der Waals surface area contributed by atoms with E-state index in [2.05, 4.69) is 5.32 Å². The van der Waals surface area contributed by atoms with Gasteiger partial charge in [0, 0.05) is 11.8 Å². The molecule has 0 bridgehead atoms. The minimum Gasteiger partial charge on any atom is -0.493 e. The Morgan fingerprint density at radius 3 is 1.98 bits per heavy atom. The molecule has 0 aliphatic heterocycles. The van der Waals surface area contributed by atoms with Crippen LogP contribution < -0.4 is 25.2 Å². The SMILES string of the molecule is COC(=O)c1ccccc1N(OC(c1ccc(F)cc1)c1ccc(F)cc1)C(=O)Nc1ccc(OCCNC(=O)C(F)(F)F)c(OC)c1. The summed E-state index contributed by atoms with van der Waals surface area (Å²) in [6.07, 6.45) is -6.16. The van der Waals surface area contributed by atoms with Gasteiger partial charge in [0.2, 0.25) is 0 Å². The molecule has 4 rings (SSSR count). The van der Waals surface area contributed by atoms with Crippen LogP contribution in [-0.2, 0) is 14.4 Å². The Bertz CT molecular complexity index is 1690. The smallest absolute Gasteiger partial charge is 0.471 e. The molecule has 48 heavy (non-hydrogen) atoms. The fourth-order valence-corrected chi connectivity index (χ4v) is 4.31. The molecular weight excluding hydrogens is 645 g/mol. The maximum atomic E-state index is 13.9. The molecule has 0 atom stereocenters. The predicted molar refractivity (Wildman–Crippen MR) is 163 cm³/mol. The van der Waals surface area contributed by atoms with Crippen LogP contribution in [0.2, 0.25) is 0 Å². The molecule has 4 aromatic carbocycles. The Morgan fingerprint density at radius 1 is 0.812 bits per heavy atom. The second-order valence-electron chi connectivity index (χ2n) is 9.79. The van der Waals surface area contributed by atoms with Crippen LogP contribution in [0.4, 0.5) is 38.1 Å². The molecule has 0 aliphatic rings. The van der Waals surface area contributed by atoms with E-state index in [0.29, 0.717) is 11.1 Å². The van der Waals surface area contributed by atoms with E-state index >= 15 is 0 Å². The summed E-state index contributed by atoms with van der Waals surface area (Å²) >= 11 is 0. The second kappa shape index (κ2) is 15.7. The zero-order valence-electron chi connectivity index (χ0n) is 25.3. The quantitative estimate of drug-likeness (QED) is 0.0756. The molecule has 15 heteroatoms. The molecule has 0 radical (unpaired) electrons. The van der Waals surface area contributed by atoms with Gasteiger partial charge in [-0.1, -0.05) is 36.4 Å². The van der Waals surface area contributed by atoms with E-state index in [1.165, 1.54) is 86.0 Å². The number of benzene rings is 4. The number of hydrogen-bond acceptors (Lipinski definition) is 7. The third-order valence-corrected chi connectivity index (χ3v) is 6.59. The van der Waals surface area contributed by atoms with E-state index in [1.54, 1.807) is 17.4 Å². The van der Waals surface area contributed by atoms with E-state index in [4.69, 9.17) is 19.0 Å². The number of hydrogen-bond donors (Lipinski definition) is 2. The molecule has 0 heterocycles. The first kappa shape index (κ1) is 35.2. The standard InChI is InChI=1S/C33H28F5N3O7/c1-45-28-19-24(15-16-27(28)47-18-17-39-31(43)33(36,37)38)40-32(44)41(26-6-4-3-5-25(26)30(42)46-2)48-29(20-7-11-22(34)12-8-20)21-9-13-23(35)14-10-21/h3-16,19,29H,17-18H2,1-2H3,(H,39,43)(H,40,44). The number of carbonyl (C=O) groups is 3. The normalized spacial score (nSPS) is 11.1. The lowest BCUT2D eigenvalue weighted by molar-refractivity contribution is -0.173. The van der Waals surface area contributed by atoms with Gasteiger partial charge in [-0.3, -0.25) is 9.63 Å². The predicted octanol–water partition coefficient (Wildman–Crippen LogP) is 6.58. The number of anilines is 2. The molecule has 0 saturated heterocycles. The van der Waals surface area contributed by atoms with E-state index in [9.17, 15) is 36.3 Å². The third kappa shape index (κ3) is 8.97. The number of alkyl halides is 3. The monoisotopic (exact) mass is 673 g/mol. The van der Waals surface area contributed by atoms with E-state index in [0.717, 1.165) is 12.2 Å². The van der Waals surface area contributed by atoms with Crippen molar-refractivity contribution in [2.75, 3.05) is 37.8 Å². The zero-order chi connectivity index (χ0) is 34.8.